The second-order valence-electron chi connectivity index (χ2n) is 2.04. The van der Waals surface area contributed by atoms with E-state index in [-0.39, 0.29) is 6.04 Å². The molecular weight excluding hydrogens is 136 g/mol. The Morgan fingerprint density at radius 3 is 2.33 bits per heavy atom. The van der Waals surface area contributed by atoms with Gasteiger partial charge < -0.3 is 0 Å². The Kier molecular flexibility index (Phi) is 2.87. The van der Waals surface area contributed by atoms with Crippen molar-refractivity contribution in [3.63, 3.8) is 0 Å². The molecule has 1 unspecified atom stereocenters. The summed E-state index contributed by atoms with van der Waals surface area (Å²) in [5, 5.41) is 1.12. The van der Waals surface area contributed by atoms with Crippen molar-refractivity contribution in [1.82, 2.24) is 4.72 Å². The van der Waals surface area contributed by atoms with Crippen molar-refractivity contribution in [3.05, 3.63) is 12.0 Å². The normalized spacial score (nSPS) is 17.2. The minimum Gasteiger partial charge on any atom is -0.237 e. The van der Waals surface area contributed by atoms with E-state index < -0.39 is 9.92 Å². The fraction of sp³-hybridized carbons (Fsp3) is 0.600. The van der Waals surface area contributed by atoms with E-state index in [0.29, 0.717) is 0 Å². The highest BCUT2D eigenvalue weighted by Crippen LogP contribution is 1.88. The Morgan fingerprint density at radius 2 is 2.22 bits per heavy atom. The SMILES string of the molecule is C=CS(=N)(=O)NC(C)C. The standard InChI is InChI=1S/C5H12N2OS/c1-4-9(6,8)7-5(2)3/h4-5H,1H2,2-3H3,(H2,6,7,8). The van der Waals surface area contributed by atoms with Crippen LogP contribution in [0.3, 0.4) is 0 Å². The minimum atomic E-state index is -2.70. The molecule has 0 amide bonds. The van der Waals surface area contributed by atoms with E-state index in [2.05, 4.69) is 11.3 Å². The Hall–Kier alpha value is -0.350. The number of hydrogen-bond donors (Lipinski definition) is 2. The third-order valence-corrected chi connectivity index (χ3v) is 1.94. The van der Waals surface area contributed by atoms with Gasteiger partial charge in [-0.15, -0.1) is 0 Å². The molecule has 0 spiro atoms. The van der Waals surface area contributed by atoms with Gasteiger partial charge in [0, 0.05) is 11.4 Å². The lowest BCUT2D eigenvalue weighted by atomic mass is 10.4. The lowest BCUT2D eigenvalue weighted by molar-refractivity contribution is 0.653. The summed E-state index contributed by atoms with van der Waals surface area (Å²) in [4.78, 5) is 0. The molecule has 0 heterocycles. The summed E-state index contributed by atoms with van der Waals surface area (Å²) in [5.74, 6) is 0. The van der Waals surface area contributed by atoms with Gasteiger partial charge in [0.25, 0.3) is 0 Å². The largest absolute Gasteiger partial charge is 0.237 e. The van der Waals surface area contributed by atoms with Crippen molar-refractivity contribution >= 4 is 9.92 Å². The number of rotatable bonds is 3. The molecule has 0 radical (unpaired) electrons. The maximum absolute atomic E-state index is 10.8. The second-order valence-corrected chi connectivity index (χ2v) is 3.81. The fourth-order valence-corrected chi connectivity index (χ4v) is 1.19. The van der Waals surface area contributed by atoms with E-state index in [9.17, 15) is 4.21 Å². The van der Waals surface area contributed by atoms with E-state index in [1.807, 2.05) is 13.8 Å². The Bertz CT molecular complexity index is 181. The molecule has 4 heteroatoms. The molecule has 0 saturated carbocycles. The molecule has 2 N–H and O–H groups in total. The lowest BCUT2D eigenvalue weighted by Gasteiger charge is -2.06. The van der Waals surface area contributed by atoms with Crippen LogP contribution in [-0.4, -0.2) is 10.3 Å². The molecule has 3 nitrogen and oxygen atoms in total. The first kappa shape index (κ1) is 8.65. The lowest BCUT2D eigenvalue weighted by Crippen LogP contribution is -2.27. The van der Waals surface area contributed by atoms with Crippen molar-refractivity contribution in [3.8, 4) is 0 Å². The molecule has 54 valence electrons. The van der Waals surface area contributed by atoms with E-state index in [1.165, 1.54) is 0 Å². The predicted molar refractivity (Wildman–Crippen MR) is 39.3 cm³/mol. The topological polar surface area (TPSA) is 53.0 Å². The highest BCUT2D eigenvalue weighted by molar-refractivity contribution is 7.93. The van der Waals surface area contributed by atoms with Crippen LogP contribution in [0, 0.1) is 4.78 Å². The van der Waals surface area contributed by atoms with Gasteiger partial charge in [-0.05, 0) is 13.8 Å². The van der Waals surface area contributed by atoms with Crippen LogP contribution in [0.5, 0.6) is 0 Å². The maximum Gasteiger partial charge on any atom is 0.127 e. The van der Waals surface area contributed by atoms with E-state index in [0.717, 1.165) is 5.41 Å². The molecule has 0 aromatic rings. The van der Waals surface area contributed by atoms with Gasteiger partial charge in [-0.3, -0.25) is 0 Å². The average Bonchev–Trinajstić information content (AvgIpc) is 1.63. The summed E-state index contributed by atoms with van der Waals surface area (Å²) >= 11 is 0. The van der Waals surface area contributed by atoms with Crippen molar-refractivity contribution in [2.75, 3.05) is 0 Å². The smallest absolute Gasteiger partial charge is 0.127 e. The first-order valence-electron chi connectivity index (χ1n) is 2.66. The summed E-state index contributed by atoms with van der Waals surface area (Å²) in [7, 11) is -2.70. The fourth-order valence-electron chi connectivity index (χ4n) is 0.398. The number of hydrogen-bond acceptors (Lipinski definition) is 2. The molecule has 0 saturated heterocycles. The zero-order valence-electron chi connectivity index (χ0n) is 5.68. The van der Waals surface area contributed by atoms with E-state index in [1.54, 1.807) is 0 Å². The van der Waals surface area contributed by atoms with Gasteiger partial charge in [0.05, 0.1) is 0 Å². The Balaban J connectivity index is 4.05. The molecule has 0 aliphatic rings. The van der Waals surface area contributed by atoms with Gasteiger partial charge in [-0.25, -0.2) is 13.7 Å². The second kappa shape index (κ2) is 2.98. The maximum atomic E-state index is 10.8. The molecule has 9 heavy (non-hydrogen) atoms. The van der Waals surface area contributed by atoms with Crippen LogP contribution >= 0.6 is 0 Å². The third kappa shape index (κ3) is 4.17. The van der Waals surface area contributed by atoms with Crippen molar-refractivity contribution in [2.24, 2.45) is 0 Å². The van der Waals surface area contributed by atoms with Crippen LogP contribution < -0.4 is 4.72 Å². The molecule has 0 aliphatic carbocycles. The molecule has 0 aromatic heterocycles. The van der Waals surface area contributed by atoms with Gasteiger partial charge >= 0.3 is 0 Å². The third-order valence-electron chi connectivity index (χ3n) is 0.645. The quantitative estimate of drug-likeness (QED) is 0.618. The zero-order chi connectivity index (χ0) is 7.49. The monoisotopic (exact) mass is 148 g/mol. The van der Waals surface area contributed by atoms with Gasteiger partial charge in [0.2, 0.25) is 0 Å². The van der Waals surface area contributed by atoms with Crippen LogP contribution in [0.4, 0.5) is 0 Å². The summed E-state index contributed by atoms with van der Waals surface area (Å²) in [6.45, 7) is 6.92. The minimum absolute atomic E-state index is 0.0630. The molecule has 0 aromatic carbocycles. The predicted octanol–water partition coefficient (Wildman–Crippen LogP) is 1.09. The van der Waals surface area contributed by atoms with E-state index >= 15 is 0 Å². The molecule has 0 fully saturated rings. The van der Waals surface area contributed by atoms with Crippen LogP contribution in [0.2, 0.25) is 0 Å². The summed E-state index contributed by atoms with van der Waals surface area (Å²) < 4.78 is 20.4. The summed E-state index contributed by atoms with van der Waals surface area (Å²) in [6.07, 6.45) is 0. The van der Waals surface area contributed by atoms with Crippen LogP contribution in [0.1, 0.15) is 13.8 Å². The Morgan fingerprint density at radius 1 is 1.78 bits per heavy atom. The van der Waals surface area contributed by atoms with E-state index in [4.69, 9.17) is 4.78 Å². The summed E-state index contributed by atoms with van der Waals surface area (Å²) in [6, 6.07) is 0.0630. The first-order chi connectivity index (χ1) is 3.98. The molecule has 0 aliphatic heterocycles. The van der Waals surface area contributed by atoms with Gasteiger partial charge in [0.1, 0.15) is 9.92 Å². The van der Waals surface area contributed by atoms with Crippen molar-refractivity contribution in [2.45, 2.75) is 19.9 Å². The highest BCUT2D eigenvalue weighted by Gasteiger charge is 1.99. The van der Waals surface area contributed by atoms with Crippen LogP contribution in [0.25, 0.3) is 0 Å². The van der Waals surface area contributed by atoms with Crippen LogP contribution in [0.15, 0.2) is 12.0 Å². The van der Waals surface area contributed by atoms with Gasteiger partial charge in [-0.2, -0.15) is 0 Å². The molecule has 0 bridgehead atoms. The molecular formula is C5H12N2OS. The zero-order valence-corrected chi connectivity index (χ0v) is 6.49. The van der Waals surface area contributed by atoms with Crippen LogP contribution in [-0.2, 0) is 9.92 Å². The average molecular weight is 148 g/mol. The van der Waals surface area contributed by atoms with Gasteiger partial charge in [0.15, 0.2) is 0 Å². The Labute approximate surface area is 56.3 Å². The van der Waals surface area contributed by atoms with Crippen molar-refractivity contribution in [1.29, 1.82) is 4.78 Å². The van der Waals surface area contributed by atoms with Gasteiger partial charge in [-0.1, -0.05) is 6.58 Å². The molecule has 1 atom stereocenters. The highest BCUT2D eigenvalue weighted by atomic mass is 32.2. The molecule has 0 rings (SSSR count). The van der Waals surface area contributed by atoms with Crippen molar-refractivity contribution < 1.29 is 4.21 Å². The first-order valence-corrected chi connectivity index (χ1v) is 4.28. The number of nitrogens with one attached hydrogen (secondary N) is 2. The summed E-state index contributed by atoms with van der Waals surface area (Å²) in [5.41, 5.74) is 0.